The summed E-state index contributed by atoms with van der Waals surface area (Å²) in [7, 11) is 0. The Bertz CT molecular complexity index is 927. The van der Waals surface area contributed by atoms with E-state index < -0.39 is 29.4 Å². The number of aliphatic hydroxyl groups excluding tert-OH is 1. The first kappa shape index (κ1) is 22.5. The molecule has 1 aliphatic heterocycles. The molecule has 9 heteroatoms. The number of carbonyl (C=O) groups is 2. The Hall–Kier alpha value is -2.16. The van der Waals surface area contributed by atoms with Crippen molar-refractivity contribution in [2.45, 2.75) is 19.1 Å². The van der Waals surface area contributed by atoms with E-state index in [9.17, 15) is 19.9 Å². The van der Waals surface area contributed by atoms with Crippen molar-refractivity contribution in [1.82, 2.24) is 10.4 Å². The SMILES string of the molecule is C[C@@]1(CN(O)C(=O)c2ccccc2)CO[C@H](CNC(=O)c2ccc(Cl)cc2Cl)[C@H]1O. The molecule has 3 N–H and O–H groups in total. The normalized spacial score (nSPS) is 23.2. The molecule has 0 spiro atoms. The Balaban J connectivity index is 1.58. The molecule has 0 aromatic heterocycles. The molecule has 7 nitrogen and oxygen atoms in total. The second-order valence-electron chi connectivity index (χ2n) is 7.51. The van der Waals surface area contributed by atoms with Gasteiger partial charge in [0.05, 0.1) is 29.8 Å². The molecule has 2 amide bonds. The zero-order chi connectivity index (χ0) is 21.9. The molecule has 1 saturated heterocycles. The molecule has 2 aromatic rings. The van der Waals surface area contributed by atoms with Gasteiger partial charge in [0.15, 0.2) is 0 Å². The van der Waals surface area contributed by atoms with Gasteiger partial charge < -0.3 is 15.2 Å². The maximum atomic E-state index is 12.4. The standard InChI is InChI=1S/C21H22Cl2N2O5/c1-21(11-25(29)20(28)13-5-3-2-4-6-13)12-30-17(18(21)26)10-24-19(27)15-8-7-14(22)9-16(15)23/h2-9,17-18,26,29H,10-12H2,1H3,(H,24,27)/t17-,18-,21-/m1/s1. The van der Waals surface area contributed by atoms with Crippen LogP contribution in [-0.2, 0) is 4.74 Å². The highest BCUT2D eigenvalue weighted by Crippen LogP contribution is 2.33. The molecule has 3 rings (SSSR count). The molecule has 1 fully saturated rings. The van der Waals surface area contributed by atoms with Gasteiger partial charge in [-0.2, -0.15) is 0 Å². The average Bonchev–Trinajstić information content (AvgIpc) is 3.00. The Morgan fingerprint density at radius 2 is 1.93 bits per heavy atom. The van der Waals surface area contributed by atoms with Gasteiger partial charge in [-0.25, -0.2) is 5.06 Å². The van der Waals surface area contributed by atoms with Crippen molar-refractivity contribution in [2.24, 2.45) is 5.41 Å². The van der Waals surface area contributed by atoms with Crippen molar-refractivity contribution in [3.05, 3.63) is 69.7 Å². The van der Waals surface area contributed by atoms with E-state index in [1.165, 1.54) is 12.1 Å². The molecule has 3 atom stereocenters. The molecule has 0 unspecified atom stereocenters. The van der Waals surface area contributed by atoms with Gasteiger partial charge in [-0.15, -0.1) is 0 Å². The minimum Gasteiger partial charge on any atom is -0.390 e. The van der Waals surface area contributed by atoms with Crippen molar-refractivity contribution < 1.29 is 24.6 Å². The second-order valence-corrected chi connectivity index (χ2v) is 8.35. The fraction of sp³-hybridized carbons (Fsp3) is 0.333. The van der Waals surface area contributed by atoms with Gasteiger partial charge in [0.25, 0.3) is 11.8 Å². The summed E-state index contributed by atoms with van der Waals surface area (Å²) in [6, 6.07) is 12.9. The lowest BCUT2D eigenvalue weighted by Crippen LogP contribution is -2.47. The number of nitrogens with one attached hydrogen (secondary N) is 1. The maximum Gasteiger partial charge on any atom is 0.277 e. The number of ether oxygens (including phenoxy) is 1. The first-order chi connectivity index (χ1) is 14.2. The van der Waals surface area contributed by atoms with Crippen molar-refractivity contribution in [3.63, 3.8) is 0 Å². The number of benzene rings is 2. The monoisotopic (exact) mass is 452 g/mol. The first-order valence-electron chi connectivity index (χ1n) is 9.30. The van der Waals surface area contributed by atoms with Crippen LogP contribution in [0.4, 0.5) is 0 Å². The number of hydroxylamine groups is 2. The molecule has 1 heterocycles. The number of hydrogen-bond acceptors (Lipinski definition) is 5. The van der Waals surface area contributed by atoms with E-state index in [-0.39, 0.29) is 30.3 Å². The van der Waals surface area contributed by atoms with Crippen molar-refractivity contribution in [1.29, 1.82) is 0 Å². The quantitative estimate of drug-likeness (QED) is 0.462. The van der Waals surface area contributed by atoms with E-state index in [1.807, 2.05) is 0 Å². The second kappa shape index (κ2) is 9.32. The fourth-order valence-corrected chi connectivity index (χ4v) is 3.83. The van der Waals surface area contributed by atoms with Crippen LogP contribution in [0.3, 0.4) is 0 Å². The molecule has 0 radical (unpaired) electrons. The van der Waals surface area contributed by atoms with Crippen molar-refractivity contribution in [3.8, 4) is 0 Å². The summed E-state index contributed by atoms with van der Waals surface area (Å²) in [5.74, 6) is -0.998. The van der Waals surface area contributed by atoms with Crippen LogP contribution in [0.15, 0.2) is 48.5 Å². The number of halogens is 2. The third-order valence-electron chi connectivity index (χ3n) is 5.10. The van der Waals surface area contributed by atoms with Crippen LogP contribution in [0, 0.1) is 5.41 Å². The van der Waals surface area contributed by atoms with E-state index in [0.29, 0.717) is 15.6 Å². The zero-order valence-corrected chi connectivity index (χ0v) is 17.7. The van der Waals surface area contributed by atoms with E-state index in [4.69, 9.17) is 27.9 Å². The van der Waals surface area contributed by atoms with Crippen LogP contribution >= 0.6 is 23.2 Å². The average molecular weight is 453 g/mol. The lowest BCUT2D eigenvalue weighted by Gasteiger charge is -2.31. The first-order valence-corrected chi connectivity index (χ1v) is 10.1. The Kier molecular flexibility index (Phi) is 7.00. The van der Waals surface area contributed by atoms with Gasteiger partial charge in [0.1, 0.15) is 6.10 Å². The summed E-state index contributed by atoms with van der Waals surface area (Å²) in [6.07, 6.45) is -1.72. The number of amides is 2. The van der Waals surface area contributed by atoms with Gasteiger partial charge in [0.2, 0.25) is 0 Å². The van der Waals surface area contributed by atoms with Gasteiger partial charge in [-0.3, -0.25) is 14.8 Å². The molecule has 0 saturated carbocycles. The smallest absolute Gasteiger partial charge is 0.277 e. The van der Waals surface area contributed by atoms with E-state index in [0.717, 1.165) is 0 Å². The van der Waals surface area contributed by atoms with E-state index >= 15 is 0 Å². The lowest BCUT2D eigenvalue weighted by molar-refractivity contribution is -0.0940. The molecule has 1 aliphatic rings. The van der Waals surface area contributed by atoms with Crippen LogP contribution in [0.5, 0.6) is 0 Å². The van der Waals surface area contributed by atoms with Crippen LogP contribution in [0.1, 0.15) is 27.6 Å². The summed E-state index contributed by atoms with van der Waals surface area (Å²) in [4.78, 5) is 24.7. The highest BCUT2D eigenvalue weighted by Gasteiger charge is 2.47. The van der Waals surface area contributed by atoms with Gasteiger partial charge in [0, 0.05) is 22.5 Å². The minimum absolute atomic E-state index is 0.0343. The topological polar surface area (TPSA) is 99.1 Å². The molecule has 2 aromatic carbocycles. The third kappa shape index (κ3) is 4.94. The number of aliphatic hydroxyl groups is 1. The summed E-state index contributed by atoms with van der Waals surface area (Å²) < 4.78 is 5.63. The van der Waals surface area contributed by atoms with Crippen LogP contribution in [0.2, 0.25) is 10.0 Å². The Morgan fingerprint density at radius 1 is 1.23 bits per heavy atom. The number of carbonyl (C=O) groups excluding carboxylic acids is 2. The van der Waals surface area contributed by atoms with Crippen molar-refractivity contribution in [2.75, 3.05) is 19.7 Å². The summed E-state index contributed by atoms with van der Waals surface area (Å²) >= 11 is 11.9. The number of nitrogens with zero attached hydrogens (tertiary/aromatic N) is 1. The molecule has 160 valence electrons. The highest BCUT2D eigenvalue weighted by atomic mass is 35.5. The minimum atomic E-state index is -1.02. The molecule has 0 bridgehead atoms. The summed E-state index contributed by atoms with van der Waals surface area (Å²) in [5, 5.41) is 24.8. The van der Waals surface area contributed by atoms with Gasteiger partial charge in [-0.05, 0) is 30.3 Å². The molecular weight excluding hydrogens is 431 g/mol. The van der Waals surface area contributed by atoms with Crippen LogP contribution in [0.25, 0.3) is 0 Å². The Morgan fingerprint density at radius 3 is 2.60 bits per heavy atom. The molecular formula is C21H22Cl2N2O5. The van der Waals surface area contributed by atoms with Crippen molar-refractivity contribution >= 4 is 35.0 Å². The molecule has 30 heavy (non-hydrogen) atoms. The third-order valence-corrected chi connectivity index (χ3v) is 5.65. The van der Waals surface area contributed by atoms with Crippen LogP contribution in [-0.4, -0.2) is 59.1 Å². The lowest BCUT2D eigenvalue weighted by atomic mass is 9.84. The maximum absolute atomic E-state index is 12.4. The predicted molar refractivity (Wildman–Crippen MR) is 112 cm³/mol. The number of rotatable bonds is 6. The van der Waals surface area contributed by atoms with Crippen LogP contribution < -0.4 is 5.32 Å². The molecule has 0 aliphatic carbocycles. The van der Waals surface area contributed by atoms with E-state index in [2.05, 4.69) is 5.32 Å². The summed E-state index contributed by atoms with van der Waals surface area (Å²) in [6.45, 7) is 1.72. The van der Waals surface area contributed by atoms with Gasteiger partial charge in [-0.1, -0.05) is 48.3 Å². The zero-order valence-electron chi connectivity index (χ0n) is 16.2. The fourth-order valence-electron chi connectivity index (χ4n) is 3.34. The largest absolute Gasteiger partial charge is 0.390 e. The van der Waals surface area contributed by atoms with E-state index in [1.54, 1.807) is 43.3 Å². The summed E-state index contributed by atoms with van der Waals surface area (Å²) in [5.41, 5.74) is -0.320. The predicted octanol–water partition coefficient (Wildman–Crippen LogP) is 3.02. The number of hydrogen-bond donors (Lipinski definition) is 3. The highest BCUT2D eigenvalue weighted by molar-refractivity contribution is 6.36. The Labute approximate surface area is 184 Å². The van der Waals surface area contributed by atoms with Gasteiger partial charge >= 0.3 is 0 Å².